The maximum Gasteiger partial charge on any atom is 0.228 e. The molecule has 0 radical (unpaired) electrons. The van der Waals surface area contributed by atoms with Gasteiger partial charge >= 0.3 is 0 Å². The molecule has 0 aromatic carbocycles. The summed E-state index contributed by atoms with van der Waals surface area (Å²) in [6.45, 7) is 1.98. The van der Waals surface area contributed by atoms with E-state index in [1.807, 2.05) is 12.1 Å². The molecule has 0 N–H and O–H groups in total. The molecular formula is C15H20N2O4. The molecule has 1 unspecified atom stereocenters. The van der Waals surface area contributed by atoms with Crippen molar-refractivity contribution in [3.63, 3.8) is 0 Å². The maximum absolute atomic E-state index is 12.2. The highest BCUT2D eigenvalue weighted by Gasteiger charge is 2.30. The van der Waals surface area contributed by atoms with Gasteiger partial charge in [0.25, 0.3) is 0 Å². The first-order valence-electron chi connectivity index (χ1n) is 7.31. The van der Waals surface area contributed by atoms with Crippen LogP contribution in [-0.4, -0.2) is 44.0 Å². The van der Waals surface area contributed by atoms with E-state index >= 15 is 0 Å². The number of methoxy groups -OCH3 is 1. The predicted octanol–water partition coefficient (Wildman–Crippen LogP) is 1.60. The van der Waals surface area contributed by atoms with Crippen molar-refractivity contribution >= 4 is 11.7 Å². The number of aromatic nitrogens is 1. The summed E-state index contributed by atoms with van der Waals surface area (Å²) in [6, 6.07) is 5.46. The smallest absolute Gasteiger partial charge is 0.228 e. The molecule has 1 amide bonds. The second-order valence-electron chi connectivity index (χ2n) is 5.35. The lowest BCUT2D eigenvalue weighted by Gasteiger charge is -2.32. The van der Waals surface area contributed by atoms with Crippen LogP contribution in [0.4, 0.5) is 5.82 Å². The lowest BCUT2D eigenvalue weighted by molar-refractivity contribution is -0.121. The first-order valence-corrected chi connectivity index (χ1v) is 7.31. The molecule has 1 aromatic rings. The van der Waals surface area contributed by atoms with E-state index in [2.05, 4.69) is 4.98 Å². The number of rotatable bonds is 4. The number of pyridine rings is 1. The third-order valence-electron chi connectivity index (χ3n) is 3.92. The van der Waals surface area contributed by atoms with Crippen molar-refractivity contribution in [1.29, 1.82) is 0 Å². The fourth-order valence-corrected chi connectivity index (χ4v) is 2.81. The number of carbonyl (C=O) groups excluding carboxylic acids is 1. The highest BCUT2D eigenvalue weighted by atomic mass is 16.7. The standard InChI is InChI=1S/C15H20N2O4/c1-19-13-4-2-3-12(16-13)17-10-11(5-6-14(17)18)9-15-20-7-8-21-15/h2-4,11,15H,5-10H2,1H3. The molecule has 0 spiro atoms. The predicted molar refractivity (Wildman–Crippen MR) is 76.2 cm³/mol. The molecule has 1 atom stereocenters. The van der Waals surface area contributed by atoms with Crippen LogP contribution in [0.3, 0.4) is 0 Å². The summed E-state index contributed by atoms with van der Waals surface area (Å²) in [5, 5.41) is 0. The van der Waals surface area contributed by atoms with Gasteiger partial charge in [-0.05, 0) is 18.4 Å². The quantitative estimate of drug-likeness (QED) is 0.843. The summed E-state index contributed by atoms with van der Waals surface area (Å²) >= 11 is 0. The summed E-state index contributed by atoms with van der Waals surface area (Å²) in [7, 11) is 1.57. The van der Waals surface area contributed by atoms with Crippen molar-refractivity contribution < 1.29 is 19.0 Å². The minimum Gasteiger partial charge on any atom is -0.481 e. The number of hydrogen-bond donors (Lipinski definition) is 0. The van der Waals surface area contributed by atoms with Gasteiger partial charge in [0.15, 0.2) is 6.29 Å². The SMILES string of the molecule is COc1cccc(N2CC(CC3OCCO3)CCC2=O)n1. The molecule has 2 aliphatic rings. The Labute approximate surface area is 124 Å². The molecular weight excluding hydrogens is 272 g/mol. The number of carbonyl (C=O) groups is 1. The van der Waals surface area contributed by atoms with E-state index in [1.165, 1.54) is 0 Å². The summed E-state index contributed by atoms with van der Waals surface area (Å²) in [5.74, 6) is 1.65. The van der Waals surface area contributed by atoms with Gasteiger partial charge in [-0.2, -0.15) is 4.98 Å². The molecule has 3 heterocycles. The lowest BCUT2D eigenvalue weighted by atomic mass is 9.94. The Hall–Kier alpha value is -1.66. The molecule has 2 saturated heterocycles. The average molecular weight is 292 g/mol. The highest BCUT2D eigenvalue weighted by molar-refractivity contribution is 5.93. The van der Waals surface area contributed by atoms with Crippen LogP contribution in [-0.2, 0) is 14.3 Å². The number of amides is 1. The van der Waals surface area contributed by atoms with Crippen LogP contribution in [0, 0.1) is 5.92 Å². The number of ether oxygens (including phenoxy) is 3. The van der Waals surface area contributed by atoms with Crippen LogP contribution in [0.15, 0.2) is 18.2 Å². The molecule has 1 aromatic heterocycles. The zero-order valence-corrected chi connectivity index (χ0v) is 12.2. The fraction of sp³-hybridized carbons (Fsp3) is 0.600. The molecule has 21 heavy (non-hydrogen) atoms. The van der Waals surface area contributed by atoms with E-state index in [-0.39, 0.29) is 12.2 Å². The summed E-state index contributed by atoms with van der Waals surface area (Å²) < 4.78 is 16.1. The third-order valence-corrected chi connectivity index (χ3v) is 3.92. The maximum atomic E-state index is 12.2. The third kappa shape index (κ3) is 3.33. The Morgan fingerprint density at radius 1 is 1.38 bits per heavy atom. The van der Waals surface area contributed by atoms with Gasteiger partial charge in [-0.3, -0.25) is 9.69 Å². The molecule has 3 rings (SSSR count). The molecule has 0 saturated carbocycles. The Kier molecular flexibility index (Phi) is 4.36. The van der Waals surface area contributed by atoms with E-state index in [1.54, 1.807) is 18.1 Å². The molecule has 2 fully saturated rings. The topological polar surface area (TPSA) is 60.9 Å². The first-order chi connectivity index (χ1) is 10.3. The number of nitrogens with zero attached hydrogens (tertiary/aromatic N) is 2. The Balaban J connectivity index is 1.68. The summed E-state index contributed by atoms with van der Waals surface area (Å²) in [4.78, 5) is 18.3. The largest absolute Gasteiger partial charge is 0.481 e. The van der Waals surface area contributed by atoms with Crippen molar-refractivity contribution in [2.24, 2.45) is 5.92 Å². The lowest BCUT2D eigenvalue weighted by Crippen LogP contribution is -2.41. The van der Waals surface area contributed by atoms with Gasteiger partial charge in [0.1, 0.15) is 5.82 Å². The average Bonchev–Trinajstić information content (AvgIpc) is 3.02. The molecule has 2 aliphatic heterocycles. The van der Waals surface area contributed by atoms with Gasteiger partial charge in [-0.1, -0.05) is 6.07 Å². The summed E-state index contributed by atoms with van der Waals surface area (Å²) in [6.07, 6.45) is 2.12. The van der Waals surface area contributed by atoms with E-state index < -0.39 is 0 Å². The van der Waals surface area contributed by atoms with Gasteiger partial charge in [0.05, 0.1) is 20.3 Å². The normalized spacial score (nSPS) is 23.6. The van der Waals surface area contributed by atoms with Crippen LogP contribution in [0.1, 0.15) is 19.3 Å². The van der Waals surface area contributed by atoms with Gasteiger partial charge in [0, 0.05) is 25.5 Å². The Morgan fingerprint density at radius 3 is 2.95 bits per heavy atom. The monoisotopic (exact) mass is 292 g/mol. The number of anilines is 1. The van der Waals surface area contributed by atoms with Crippen molar-refractivity contribution in [2.45, 2.75) is 25.6 Å². The fourth-order valence-electron chi connectivity index (χ4n) is 2.81. The van der Waals surface area contributed by atoms with Gasteiger partial charge in [-0.15, -0.1) is 0 Å². The molecule has 114 valence electrons. The number of hydrogen-bond acceptors (Lipinski definition) is 5. The van der Waals surface area contributed by atoms with Crippen molar-refractivity contribution in [1.82, 2.24) is 4.98 Å². The Bertz CT molecular complexity index is 502. The van der Waals surface area contributed by atoms with Crippen LogP contribution >= 0.6 is 0 Å². The van der Waals surface area contributed by atoms with Gasteiger partial charge in [0.2, 0.25) is 11.8 Å². The van der Waals surface area contributed by atoms with E-state index in [0.717, 1.165) is 12.8 Å². The summed E-state index contributed by atoms with van der Waals surface area (Å²) in [5.41, 5.74) is 0. The second-order valence-corrected chi connectivity index (χ2v) is 5.35. The van der Waals surface area contributed by atoms with E-state index in [0.29, 0.717) is 43.8 Å². The minimum absolute atomic E-state index is 0.111. The van der Waals surface area contributed by atoms with Crippen LogP contribution in [0.5, 0.6) is 5.88 Å². The number of piperidine rings is 1. The van der Waals surface area contributed by atoms with Gasteiger partial charge < -0.3 is 14.2 Å². The molecule has 6 nitrogen and oxygen atoms in total. The molecule has 6 heteroatoms. The van der Waals surface area contributed by atoms with Gasteiger partial charge in [-0.25, -0.2) is 0 Å². The minimum atomic E-state index is -0.122. The second kappa shape index (κ2) is 6.41. The zero-order valence-electron chi connectivity index (χ0n) is 12.2. The van der Waals surface area contributed by atoms with Crippen LogP contribution in [0.2, 0.25) is 0 Å². The van der Waals surface area contributed by atoms with Crippen molar-refractivity contribution in [2.75, 3.05) is 31.8 Å². The Morgan fingerprint density at radius 2 is 2.19 bits per heavy atom. The van der Waals surface area contributed by atoms with Crippen LogP contribution in [0.25, 0.3) is 0 Å². The van der Waals surface area contributed by atoms with E-state index in [9.17, 15) is 4.79 Å². The highest BCUT2D eigenvalue weighted by Crippen LogP contribution is 2.28. The zero-order chi connectivity index (χ0) is 14.7. The van der Waals surface area contributed by atoms with Crippen LogP contribution < -0.4 is 9.64 Å². The molecule has 0 aliphatic carbocycles. The van der Waals surface area contributed by atoms with Crippen molar-refractivity contribution in [3.05, 3.63) is 18.2 Å². The first kappa shape index (κ1) is 14.3. The molecule has 0 bridgehead atoms. The van der Waals surface area contributed by atoms with E-state index in [4.69, 9.17) is 14.2 Å². The van der Waals surface area contributed by atoms with Crippen molar-refractivity contribution in [3.8, 4) is 5.88 Å².